The predicted molar refractivity (Wildman–Crippen MR) is 154 cm³/mol. The molecule has 6 nitrogen and oxygen atoms in total. The van der Waals surface area contributed by atoms with Crippen LogP contribution in [0.1, 0.15) is 11.1 Å². The number of aryl methyl sites for hydroxylation is 1. The minimum atomic E-state index is -4.15. The summed E-state index contributed by atoms with van der Waals surface area (Å²) in [6.45, 7) is 1.83. The van der Waals surface area contributed by atoms with Gasteiger partial charge in [-0.15, -0.1) is 24.0 Å². The number of fused-ring (bicyclic) bond motifs is 1. The standard InChI is InChI=1S/C26H19Cl2N3O3S3/c1-15-11-23(21(35)12-19(15)28)37(33,34)30-26-29-20-13-22(17-7-9-18(27)10-8-17)36-24(20)25(32)31(26)14-16-5-3-2-4-6-16/h2-13,35H,14H2,1H3,(H,29,30). The van der Waals surface area contributed by atoms with Gasteiger partial charge in [-0.05, 0) is 53.9 Å². The average Bonchev–Trinajstić information content (AvgIpc) is 3.29. The van der Waals surface area contributed by atoms with Crippen molar-refractivity contribution in [2.45, 2.75) is 23.3 Å². The topological polar surface area (TPSA) is 81.1 Å². The molecule has 37 heavy (non-hydrogen) atoms. The van der Waals surface area contributed by atoms with Crippen molar-refractivity contribution in [2.24, 2.45) is 0 Å². The second-order valence-corrected chi connectivity index (χ2v) is 12.3. The number of hydrogen-bond acceptors (Lipinski definition) is 6. The molecule has 5 rings (SSSR count). The van der Waals surface area contributed by atoms with Crippen LogP contribution in [0.5, 0.6) is 0 Å². The number of anilines is 1. The highest BCUT2D eigenvalue weighted by Gasteiger charge is 2.23. The lowest BCUT2D eigenvalue weighted by molar-refractivity contribution is 0.598. The number of benzene rings is 3. The van der Waals surface area contributed by atoms with Crippen molar-refractivity contribution >= 4 is 73.4 Å². The smallest absolute Gasteiger partial charge is 0.272 e. The molecule has 5 aromatic rings. The third-order valence-electron chi connectivity index (χ3n) is 5.70. The molecule has 0 aliphatic heterocycles. The number of nitrogens with one attached hydrogen (secondary N) is 1. The van der Waals surface area contributed by atoms with Gasteiger partial charge in [0.25, 0.3) is 15.6 Å². The molecule has 2 heterocycles. The van der Waals surface area contributed by atoms with E-state index in [1.54, 1.807) is 25.1 Å². The molecule has 0 unspecified atom stereocenters. The Morgan fingerprint density at radius 2 is 1.73 bits per heavy atom. The van der Waals surface area contributed by atoms with Crippen molar-refractivity contribution in [1.82, 2.24) is 9.55 Å². The number of sulfonamides is 1. The van der Waals surface area contributed by atoms with E-state index in [-0.39, 0.29) is 27.8 Å². The molecular weight excluding hydrogens is 569 g/mol. The van der Waals surface area contributed by atoms with E-state index in [0.717, 1.165) is 16.0 Å². The lowest BCUT2D eigenvalue weighted by Gasteiger charge is -2.15. The van der Waals surface area contributed by atoms with Gasteiger partial charge in [-0.1, -0.05) is 65.7 Å². The quantitative estimate of drug-likeness (QED) is 0.212. The van der Waals surface area contributed by atoms with Gasteiger partial charge in [0, 0.05) is 19.8 Å². The number of nitrogens with zero attached hydrogens (tertiary/aromatic N) is 2. The fourth-order valence-corrected chi connectivity index (χ4v) is 6.94. The summed E-state index contributed by atoms with van der Waals surface area (Å²) in [6, 6.07) is 21.2. The average molecular weight is 589 g/mol. The summed E-state index contributed by atoms with van der Waals surface area (Å²) < 4.78 is 31.1. The van der Waals surface area contributed by atoms with Gasteiger partial charge in [-0.3, -0.25) is 9.36 Å². The van der Waals surface area contributed by atoms with Crippen LogP contribution < -0.4 is 10.3 Å². The maximum Gasteiger partial charge on any atom is 0.273 e. The molecule has 11 heteroatoms. The molecule has 0 bridgehead atoms. The Morgan fingerprint density at radius 1 is 1.03 bits per heavy atom. The van der Waals surface area contributed by atoms with Crippen LogP contribution in [0, 0.1) is 6.92 Å². The Balaban J connectivity index is 1.67. The van der Waals surface area contributed by atoms with Gasteiger partial charge in [0.1, 0.15) is 9.60 Å². The number of rotatable bonds is 6. The van der Waals surface area contributed by atoms with Crippen molar-refractivity contribution in [3.05, 3.63) is 104 Å². The SMILES string of the molecule is Cc1cc(S(=O)(=O)Nc2nc3cc(-c4ccc(Cl)cc4)sc3c(=O)n2Cc2ccccc2)c(S)cc1Cl. The van der Waals surface area contributed by atoms with E-state index in [2.05, 4.69) is 22.3 Å². The third kappa shape index (κ3) is 5.28. The molecule has 0 amide bonds. The van der Waals surface area contributed by atoms with E-state index in [9.17, 15) is 13.2 Å². The summed E-state index contributed by atoms with van der Waals surface area (Å²) in [6.07, 6.45) is 0. The Bertz CT molecular complexity index is 1800. The van der Waals surface area contributed by atoms with Crippen LogP contribution in [0.2, 0.25) is 10.0 Å². The molecule has 0 aliphatic carbocycles. The van der Waals surface area contributed by atoms with Crippen LogP contribution in [0.25, 0.3) is 20.7 Å². The highest BCUT2D eigenvalue weighted by atomic mass is 35.5. The Kier molecular flexibility index (Phi) is 7.08. The predicted octanol–water partition coefficient (Wildman–Crippen LogP) is 6.88. The van der Waals surface area contributed by atoms with Crippen LogP contribution in [0.3, 0.4) is 0 Å². The number of thiophene rings is 1. The van der Waals surface area contributed by atoms with Gasteiger partial charge < -0.3 is 0 Å². The second-order valence-electron chi connectivity index (χ2n) is 8.32. The molecule has 188 valence electrons. The number of aromatic nitrogens is 2. The van der Waals surface area contributed by atoms with Crippen LogP contribution >= 0.6 is 47.2 Å². The van der Waals surface area contributed by atoms with Crippen LogP contribution in [0.15, 0.2) is 87.4 Å². The first-order valence-corrected chi connectivity index (χ1v) is 14.5. The van der Waals surface area contributed by atoms with Crippen molar-refractivity contribution in [3.8, 4) is 10.4 Å². The first-order chi connectivity index (χ1) is 17.6. The van der Waals surface area contributed by atoms with E-state index < -0.39 is 10.0 Å². The Hall–Kier alpha value is -2.82. The number of hydrogen-bond donors (Lipinski definition) is 2. The lowest BCUT2D eigenvalue weighted by atomic mass is 10.2. The highest BCUT2D eigenvalue weighted by molar-refractivity contribution is 7.93. The molecule has 0 spiro atoms. The molecule has 1 N–H and O–H groups in total. The minimum absolute atomic E-state index is 0.0643. The summed E-state index contributed by atoms with van der Waals surface area (Å²) in [4.78, 5) is 19.2. The minimum Gasteiger partial charge on any atom is -0.272 e. The van der Waals surface area contributed by atoms with Crippen molar-refractivity contribution in [1.29, 1.82) is 0 Å². The summed E-state index contributed by atoms with van der Waals surface area (Å²) >= 11 is 17.8. The van der Waals surface area contributed by atoms with Gasteiger partial charge >= 0.3 is 0 Å². The summed E-state index contributed by atoms with van der Waals surface area (Å²) in [5.41, 5.74) is 2.31. The number of halogens is 2. The van der Waals surface area contributed by atoms with E-state index >= 15 is 0 Å². The molecule has 0 saturated carbocycles. The van der Waals surface area contributed by atoms with E-state index in [0.29, 0.717) is 25.8 Å². The Morgan fingerprint density at radius 3 is 2.43 bits per heavy atom. The fourth-order valence-electron chi connectivity index (χ4n) is 3.79. The lowest BCUT2D eigenvalue weighted by Crippen LogP contribution is -2.27. The molecule has 0 radical (unpaired) electrons. The zero-order valence-electron chi connectivity index (χ0n) is 19.3. The van der Waals surface area contributed by atoms with Crippen LogP contribution in [-0.4, -0.2) is 18.0 Å². The van der Waals surface area contributed by atoms with E-state index in [1.165, 1.54) is 28.0 Å². The molecular formula is C26H19Cl2N3O3S3. The van der Waals surface area contributed by atoms with Gasteiger partial charge in [-0.2, -0.15) is 0 Å². The molecule has 3 aromatic carbocycles. The number of thiol groups is 1. The first kappa shape index (κ1) is 25.8. The summed E-state index contributed by atoms with van der Waals surface area (Å²) in [7, 11) is -4.15. The first-order valence-electron chi connectivity index (χ1n) is 11.0. The van der Waals surface area contributed by atoms with Crippen molar-refractivity contribution < 1.29 is 8.42 Å². The largest absolute Gasteiger partial charge is 0.273 e. The maximum absolute atomic E-state index is 13.7. The van der Waals surface area contributed by atoms with Gasteiger partial charge in [-0.25, -0.2) is 18.1 Å². The van der Waals surface area contributed by atoms with E-state index in [4.69, 9.17) is 23.2 Å². The van der Waals surface area contributed by atoms with Crippen LogP contribution in [0.4, 0.5) is 5.95 Å². The van der Waals surface area contributed by atoms with Crippen molar-refractivity contribution in [2.75, 3.05) is 4.72 Å². The van der Waals surface area contributed by atoms with Gasteiger partial charge in [0.05, 0.1) is 12.1 Å². The van der Waals surface area contributed by atoms with E-state index in [1.807, 2.05) is 42.5 Å². The Labute approximate surface area is 233 Å². The van der Waals surface area contributed by atoms with Crippen LogP contribution in [-0.2, 0) is 16.6 Å². The normalized spacial score (nSPS) is 11.7. The molecule has 0 fully saturated rings. The monoisotopic (exact) mass is 587 g/mol. The zero-order valence-corrected chi connectivity index (χ0v) is 23.3. The summed E-state index contributed by atoms with van der Waals surface area (Å²) in [5, 5.41) is 1.00. The molecule has 0 saturated heterocycles. The molecule has 2 aromatic heterocycles. The second kappa shape index (κ2) is 10.2. The molecule has 0 atom stereocenters. The summed E-state index contributed by atoms with van der Waals surface area (Å²) in [5.74, 6) is -0.0952. The van der Waals surface area contributed by atoms with Gasteiger partial charge in [0.15, 0.2) is 0 Å². The zero-order chi connectivity index (χ0) is 26.3. The third-order valence-corrected chi connectivity index (χ3v) is 9.41. The fraction of sp³-hybridized carbons (Fsp3) is 0.0769. The molecule has 0 aliphatic rings. The maximum atomic E-state index is 13.7. The highest BCUT2D eigenvalue weighted by Crippen LogP contribution is 2.33. The van der Waals surface area contributed by atoms with Gasteiger partial charge in [0.2, 0.25) is 5.95 Å². The van der Waals surface area contributed by atoms with Crippen molar-refractivity contribution in [3.63, 3.8) is 0 Å².